The smallest absolute Gasteiger partial charge is 0.307 e. The van der Waals surface area contributed by atoms with Gasteiger partial charge in [0.25, 0.3) is 0 Å². The molecule has 0 saturated carbocycles. The van der Waals surface area contributed by atoms with E-state index in [1.165, 1.54) is 0 Å². The second-order valence-corrected chi connectivity index (χ2v) is 5.66. The second-order valence-electron chi connectivity index (χ2n) is 4.91. The van der Waals surface area contributed by atoms with Gasteiger partial charge in [-0.15, -0.1) is 0 Å². The standard InChI is InChI=1S/C14H14Cl2N2O3/c1-7-6-10(15)17-12(16)11(7)18-13(19)8-4-2-3-5-9(8)14(20)21/h2-3,6,8-9H,4-5H2,1H3,(H,18,19)(H,20,21). The summed E-state index contributed by atoms with van der Waals surface area (Å²) in [5.74, 6) is -2.70. The zero-order valence-corrected chi connectivity index (χ0v) is 12.8. The number of carbonyl (C=O) groups is 2. The van der Waals surface area contributed by atoms with Crippen molar-refractivity contribution >= 4 is 40.8 Å². The van der Waals surface area contributed by atoms with E-state index in [1.54, 1.807) is 19.1 Å². The van der Waals surface area contributed by atoms with Gasteiger partial charge in [-0.3, -0.25) is 9.59 Å². The van der Waals surface area contributed by atoms with Gasteiger partial charge in [0.1, 0.15) is 5.15 Å². The first kappa shape index (κ1) is 15.8. The van der Waals surface area contributed by atoms with Crippen LogP contribution in [0.15, 0.2) is 18.2 Å². The van der Waals surface area contributed by atoms with E-state index in [-0.39, 0.29) is 16.2 Å². The summed E-state index contributed by atoms with van der Waals surface area (Å²) < 4.78 is 0. The summed E-state index contributed by atoms with van der Waals surface area (Å²) in [5.41, 5.74) is 1.04. The average Bonchev–Trinajstić information content (AvgIpc) is 2.42. The number of carbonyl (C=O) groups excluding carboxylic acids is 1. The topological polar surface area (TPSA) is 79.3 Å². The molecule has 112 valence electrons. The lowest BCUT2D eigenvalue weighted by molar-refractivity contribution is -0.146. The minimum atomic E-state index is -0.975. The van der Waals surface area contributed by atoms with Crippen LogP contribution in [0.25, 0.3) is 0 Å². The van der Waals surface area contributed by atoms with E-state index in [1.807, 2.05) is 6.08 Å². The molecule has 0 saturated heterocycles. The van der Waals surface area contributed by atoms with Crippen molar-refractivity contribution in [3.8, 4) is 0 Å². The van der Waals surface area contributed by atoms with Crippen molar-refractivity contribution in [3.05, 3.63) is 34.1 Å². The minimum Gasteiger partial charge on any atom is -0.481 e. The summed E-state index contributed by atoms with van der Waals surface area (Å²) in [6, 6.07) is 1.58. The fourth-order valence-corrected chi connectivity index (χ4v) is 2.92. The van der Waals surface area contributed by atoms with Gasteiger partial charge in [-0.1, -0.05) is 35.4 Å². The lowest BCUT2D eigenvalue weighted by Gasteiger charge is -2.24. The van der Waals surface area contributed by atoms with Crippen molar-refractivity contribution in [1.29, 1.82) is 0 Å². The fraction of sp³-hybridized carbons (Fsp3) is 0.357. The molecule has 1 aromatic rings. The molecule has 2 atom stereocenters. The van der Waals surface area contributed by atoms with Crippen LogP contribution in [0.4, 0.5) is 5.69 Å². The number of aliphatic carboxylic acids is 1. The summed E-state index contributed by atoms with van der Waals surface area (Å²) in [6.45, 7) is 1.74. The van der Waals surface area contributed by atoms with Gasteiger partial charge in [0.2, 0.25) is 5.91 Å². The lowest BCUT2D eigenvalue weighted by atomic mass is 9.82. The third-order valence-corrected chi connectivity index (χ3v) is 3.94. The zero-order chi connectivity index (χ0) is 15.6. The molecule has 2 N–H and O–H groups in total. The molecule has 0 radical (unpaired) electrons. The van der Waals surface area contributed by atoms with Crippen molar-refractivity contribution in [2.24, 2.45) is 11.8 Å². The van der Waals surface area contributed by atoms with E-state index < -0.39 is 17.8 Å². The molecule has 1 amide bonds. The number of nitrogens with zero attached hydrogens (tertiary/aromatic N) is 1. The molecule has 0 aliphatic heterocycles. The molecule has 0 spiro atoms. The number of nitrogens with one attached hydrogen (secondary N) is 1. The van der Waals surface area contributed by atoms with Crippen LogP contribution in [0, 0.1) is 18.8 Å². The third kappa shape index (κ3) is 3.54. The van der Waals surface area contributed by atoms with Gasteiger partial charge in [0, 0.05) is 0 Å². The lowest BCUT2D eigenvalue weighted by Crippen LogP contribution is -2.35. The SMILES string of the molecule is Cc1cc(Cl)nc(Cl)c1NC(=O)C1CC=CCC1C(=O)O. The highest BCUT2D eigenvalue weighted by Gasteiger charge is 2.34. The van der Waals surface area contributed by atoms with E-state index in [2.05, 4.69) is 10.3 Å². The monoisotopic (exact) mass is 328 g/mol. The van der Waals surface area contributed by atoms with Crippen LogP contribution in [0.1, 0.15) is 18.4 Å². The quantitative estimate of drug-likeness (QED) is 0.659. The number of hydrogen-bond donors (Lipinski definition) is 2. The van der Waals surface area contributed by atoms with Gasteiger partial charge in [0.15, 0.2) is 5.15 Å². The fourth-order valence-electron chi connectivity index (χ4n) is 2.34. The molecule has 0 fully saturated rings. The molecule has 1 heterocycles. The first-order valence-corrected chi connectivity index (χ1v) is 7.17. The number of allylic oxidation sites excluding steroid dienone is 2. The van der Waals surface area contributed by atoms with Gasteiger partial charge in [-0.05, 0) is 31.4 Å². The van der Waals surface area contributed by atoms with Gasteiger partial charge < -0.3 is 10.4 Å². The molecule has 5 nitrogen and oxygen atoms in total. The number of halogens is 2. The number of hydrogen-bond acceptors (Lipinski definition) is 3. The highest BCUT2D eigenvalue weighted by molar-refractivity contribution is 6.34. The molecule has 0 aromatic carbocycles. The number of pyridine rings is 1. The number of carboxylic acids is 1. The number of aryl methyl sites for hydroxylation is 1. The predicted octanol–water partition coefficient (Wildman–Crippen LogP) is 3.30. The number of aromatic nitrogens is 1. The maximum absolute atomic E-state index is 12.3. The average molecular weight is 329 g/mol. The number of anilines is 1. The first-order chi connectivity index (χ1) is 9.90. The molecule has 21 heavy (non-hydrogen) atoms. The summed E-state index contributed by atoms with van der Waals surface area (Å²) in [7, 11) is 0. The van der Waals surface area contributed by atoms with Gasteiger partial charge in [-0.25, -0.2) is 4.98 Å². The number of amides is 1. The summed E-state index contributed by atoms with van der Waals surface area (Å²) in [5, 5.41) is 12.2. The Kier molecular flexibility index (Phi) is 4.85. The van der Waals surface area contributed by atoms with E-state index in [0.29, 0.717) is 24.1 Å². The van der Waals surface area contributed by atoms with Crippen molar-refractivity contribution in [2.45, 2.75) is 19.8 Å². The van der Waals surface area contributed by atoms with Gasteiger partial charge in [0.05, 0.1) is 17.5 Å². The zero-order valence-electron chi connectivity index (χ0n) is 11.3. The molecule has 2 rings (SSSR count). The Labute approximate surface area is 132 Å². The first-order valence-electron chi connectivity index (χ1n) is 6.41. The van der Waals surface area contributed by atoms with Gasteiger partial charge in [-0.2, -0.15) is 0 Å². The Morgan fingerprint density at radius 3 is 2.48 bits per heavy atom. The molecule has 1 aromatic heterocycles. The summed E-state index contributed by atoms with van der Waals surface area (Å²) >= 11 is 11.8. The third-order valence-electron chi connectivity index (χ3n) is 3.48. The maximum Gasteiger partial charge on any atom is 0.307 e. The predicted molar refractivity (Wildman–Crippen MR) is 80.6 cm³/mol. The Morgan fingerprint density at radius 1 is 1.29 bits per heavy atom. The van der Waals surface area contributed by atoms with E-state index in [4.69, 9.17) is 23.2 Å². The Hall–Kier alpha value is -1.59. The van der Waals surface area contributed by atoms with Crippen molar-refractivity contribution in [1.82, 2.24) is 4.98 Å². The second kappa shape index (κ2) is 6.45. The Morgan fingerprint density at radius 2 is 1.90 bits per heavy atom. The van der Waals surface area contributed by atoms with Gasteiger partial charge >= 0.3 is 5.97 Å². The van der Waals surface area contributed by atoms with Crippen molar-refractivity contribution in [3.63, 3.8) is 0 Å². The number of carboxylic acid groups (broad SMARTS) is 1. The number of rotatable bonds is 3. The van der Waals surface area contributed by atoms with Crippen molar-refractivity contribution in [2.75, 3.05) is 5.32 Å². The van der Waals surface area contributed by atoms with Crippen LogP contribution in [0.5, 0.6) is 0 Å². The van der Waals surface area contributed by atoms with Crippen LogP contribution < -0.4 is 5.32 Å². The largest absolute Gasteiger partial charge is 0.481 e. The molecule has 1 aliphatic carbocycles. The van der Waals surface area contributed by atoms with Crippen LogP contribution in [0.3, 0.4) is 0 Å². The molecule has 1 aliphatic rings. The Balaban J connectivity index is 2.21. The van der Waals surface area contributed by atoms with E-state index in [9.17, 15) is 14.7 Å². The molecular weight excluding hydrogens is 315 g/mol. The van der Waals surface area contributed by atoms with Crippen molar-refractivity contribution < 1.29 is 14.7 Å². The summed E-state index contributed by atoms with van der Waals surface area (Å²) in [6.07, 6.45) is 4.34. The highest BCUT2D eigenvalue weighted by Crippen LogP contribution is 2.30. The molecular formula is C14H14Cl2N2O3. The normalized spacial score (nSPS) is 21.1. The highest BCUT2D eigenvalue weighted by atomic mass is 35.5. The summed E-state index contributed by atoms with van der Waals surface area (Å²) in [4.78, 5) is 27.4. The molecule has 2 unspecified atom stereocenters. The van der Waals surface area contributed by atoms with Crippen LogP contribution in [-0.2, 0) is 9.59 Å². The maximum atomic E-state index is 12.3. The Bertz CT molecular complexity index is 593. The molecule has 7 heteroatoms. The molecule has 0 bridgehead atoms. The van der Waals surface area contributed by atoms with Crippen LogP contribution in [-0.4, -0.2) is 22.0 Å². The van der Waals surface area contributed by atoms with Crippen LogP contribution in [0.2, 0.25) is 10.3 Å². The van der Waals surface area contributed by atoms with E-state index in [0.717, 1.165) is 0 Å². The van der Waals surface area contributed by atoms with E-state index >= 15 is 0 Å². The van der Waals surface area contributed by atoms with Crippen LogP contribution >= 0.6 is 23.2 Å². The minimum absolute atomic E-state index is 0.0894.